The van der Waals surface area contributed by atoms with E-state index < -0.39 is 97.5 Å². The summed E-state index contributed by atoms with van der Waals surface area (Å²) in [5.74, 6) is -0.429. The Morgan fingerprint density at radius 2 is 0.457 bits per heavy atom. The molecule has 17 nitrogen and oxygen atoms in total. The molecule has 0 bridgehead atoms. The van der Waals surface area contributed by atoms with Crippen LogP contribution in [0.2, 0.25) is 0 Å². The molecule has 0 aliphatic carbocycles. The maximum atomic E-state index is 13.1. The maximum Gasteiger partial charge on any atom is 0.472 e. The lowest BCUT2D eigenvalue weighted by Crippen LogP contribution is -2.30. The molecule has 624 valence electrons. The Bertz CT molecular complexity index is 2010. The molecule has 0 amide bonds. The highest BCUT2D eigenvalue weighted by atomic mass is 31.2. The van der Waals surface area contributed by atoms with Crippen molar-refractivity contribution >= 4 is 39.5 Å². The maximum absolute atomic E-state index is 13.1. The fourth-order valence-corrected chi connectivity index (χ4v) is 14.9. The zero-order valence-electron chi connectivity index (χ0n) is 69.0. The topological polar surface area (TPSA) is 237 Å². The van der Waals surface area contributed by atoms with Crippen LogP contribution in [0.25, 0.3) is 0 Å². The van der Waals surface area contributed by atoms with E-state index in [1.807, 2.05) is 0 Å². The van der Waals surface area contributed by atoms with E-state index >= 15 is 0 Å². The van der Waals surface area contributed by atoms with Crippen molar-refractivity contribution in [3.63, 3.8) is 0 Å². The van der Waals surface area contributed by atoms with Gasteiger partial charge in [-0.05, 0) is 37.5 Å². The first kappa shape index (κ1) is 103. The van der Waals surface area contributed by atoms with Crippen LogP contribution in [0.3, 0.4) is 0 Å². The van der Waals surface area contributed by atoms with E-state index in [-0.39, 0.29) is 25.7 Å². The number of aliphatic hydroxyl groups is 1. The minimum atomic E-state index is -4.97. The van der Waals surface area contributed by atoms with Gasteiger partial charge in [0, 0.05) is 25.7 Å². The number of carbonyl (C=O) groups is 4. The molecule has 0 fully saturated rings. The summed E-state index contributed by atoms with van der Waals surface area (Å²) in [7, 11) is -9.93. The van der Waals surface area contributed by atoms with Gasteiger partial charge in [0.25, 0.3) is 0 Å². The SMILES string of the molecule is CCCCCCCCCCCCCCCCCCCCCC(=O)OC[C@H](COP(=O)(O)OC[C@@H](O)COP(=O)(O)OC[C@@H](COC(=O)CCCCCCCCCCCC)OC(=O)CCCCCCCCCCCCC(C)CC)OC(=O)CCCCCCCCCCCCCCCCCCCCC(C)CC. The standard InChI is InChI=1S/C86H168O17P2/c1-7-11-13-15-17-19-21-22-23-24-25-29-32-35-38-45-51-57-63-69-84(89)97-75-82(102-85(90)70-64-58-52-46-39-36-33-30-27-26-28-31-34-37-42-48-54-60-66-78(5)9-3)77-101-105(94,95)99-73-80(87)72-98-104(92,93)100-76-81(74-96-83(88)68-62-56-50-44-20-18-16-14-12-8-2)103-86(91)71-65-59-53-47-41-40-43-49-55-61-67-79(6)10-4/h78-82,87H,7-77H2,1-6H3,(H,92,93)(H,94,95)/t78?,79?,80-,81+,82+/m0/s1. The Morgan fingerprint density at radius 1 is 0.267 bits per heavy atom. The average Bonchev–Trinajstić information content (AvgIpc) is 0.909. The number of aliphatic hydroxyl groups excluding tert-OH is 1. The quantitative estimate of drug-likeness (QED) is 0.0222. The van der Waals surface area contributed by atoms with Gasteiger partial charge in [-0.1, -0.05) is 408 Å². The van der Waals surface area contributed by atoms with Crippen LogP contribution in [0.5, 0.6) is 0 Å². The second-order valence-electron chi connectivity index (χ2n) is 31.4. The van der Waals surface area contributed by atoms with Crippen LogP contribution in [0, 0.1) is 11.8 Å². The Kier molecular flexibility index (Phi) is 76.0. The third-order valence-corrected chi connectivity index (χ3v) is 22.8. The van der Waals surface area contributed by atoms with Crippen LogP contribution >= 0.6 is 15.6 Å². The molecular weight excluding hydrogens is 1370 g/mol. The first-order valence-electron chi connectivity index (χ1n) is 44.6. The van der Waals surface area contributed by atoms with Gasteiger partial charge in [-0.15, -0.1) is 0 Å². The second-order valence-corrected chi connectivity index (χ2v) is 34.3. The molecule has 7 atom stereocenters. The van der Waals surface area contributed by atoms with E-state index in [0.29, 0.717) is 25.7 Å². The Morgan fingerprint density at radius 3 is 0.676 bits per heavy atom. The Balaban J connectivity index is 5.22. The van der Waals surface area contributed by atoms with Gasteiger partial charge in [0.2, 0.25) is 0 Å². The average molecular weight is 1540 g/mol. The fraction of sp³-hybridized carbons (Fsp3) is 0.953. The first-order chi connectivity index (χ1) is 50.9. The molecule has 0 aromatic carbocycles. The number of unbranched alkanes of at least 4 members (excludes halogenated alkanes) is 53. The second kappa shape index (κ2) is 77.4. The zero-order chi connectivity index (χ0) is 77.1. The van der Waals surface area contributed by atoms with E-state index in [4.69, 9.17) is 37.0 Å². The van der Waals surface area contributed by atoms with Crippen LogP contribution in [-0.4, -0.2) is 96.7 Å². The van der Waals surface area contributed by atoms with Crippen LogP contribution in [0.4, 0.5) is 0 Å². The third kappa shape index (κ3) is 77.2. The van der Waals surface area contributed by atoms with Crippen molar-refractivity contribution in [2.45, 2.75) is 477 Å². The summed E-state index contributed by atoms with van der Waals surface area (Å²) in [6.07, 6.45) is 69.3. The van der Waals surface area contributed by atoms with E-state index in [9.17, 15) is 43.2 Å². The van der Waals surface area contributed by atoms with E-state index in [1.54, 1.807) is 0 Å². The van der Waals surface area contributed by atoms with Crippen LogP contribution in [0.15, 0.2) is 0 Å². The zero-order valence-corrected chi connectivity index (χ0v) is 70.8. The highest BCUT2D eigenvalue weighted by Gasteiger charge is 2.30. The molecule has 0 spiro atoms. The van der Waals surface area contributed by atoms with Crippen LogP contribution in [0.1, 0.15) is 459 Å². The molecule has 0 rings (SSSR count). The number of hydrogen-bond donors (Lipinski definition) is 3. The fourth-order valence-electron chi connectivity index (χ4n) is 13.4. The number of ether oxygens (including phenoxy) is 4. The van der Waals surface area contributed by atoms with Gasteiger partial charge in [0.05, 0.1) is 26.4 Å². The van der Waals surface area contributed by atoms with Gasteiger partial charge in [0.1, 0.15) is 19.3 Å². The van der Waals surface area contributed by atoms with E-state index in [0.717, 1.165) is 102 Å². The molecule has 0 aromatic heterocycles. The van der Waals surface area contributed by atoms with Crippen molar-refractivity contribution < 1.29 is 80.2 Å². The summed E-state index contributed by atoms with van der Waals surface area (Å²) in [5, 5.41) is 10.7. The van der Waals surface area contributed by atoms with E-state index in [2.05, 4.69) is 41.5 Å². The van der Waals surface area contributed by atoms with Crippen molar-refractivity contribution in [2.75, 3.05) is 39.6 Å². The van der Waals surface area contributed by atoms with Gasteiger partial charge in [-0.25, -0.2) is 9.13 Å². The summed E-state index contributed by atoms with van der Waals surface area (Å²) in [5.41, 5.74) is 0. The molecule has 0 saturated heterocycles. The highest BCUT2D eigenvalue weighted by molar-refractivity contribution is 7.47. The normalized spacial score (nSPS) is 14.3. The highest BCUT2D eigenvalue weighted by Crippen LogP contribution is 2.45. The molecule has 105 heavy (non-hydrogen) atoms. The molecular formula is C86H168O17P2. The summed E-state index contributed by atoms with van der Waals surface area (Å²) in [6.45, 7) is 9.75. The summed E-state index contributed by atoms with van der Waals surface area (Å²) in [6, 6.07) is 0. The molecule has 3 N–H and O–H groups in total. The number of hydrogen-bond acceptors (Lipinski definition) is 15. The number of phosphoric acid groups is 2. The van der Waals surface area contributed by atoms with Gasteiger partial charge in [-0.2, -0.15) is 0 Å². The van der Waals surface area contributed by atoms with Crippen molar-refractivity contribution in [1.29, 1.82) is 0 Å². The lowest BCUT2D eigenvalue weighted by atomic mass is 9.99. The summed E-state index contributed by atoms with van der Waals surface area (Å²) >= 11 is 0. The predicted octanol–water partition coefficient (Wildman–Crippen LogP) is 26.2. The minimum Gasteiger partial charge on any atom is -0.462 e. The molecule has 0 heterocycles. The van der Waals surface area contributed by atoms with Crippen molar-refractivity contribution in [2.24, 2.45) is 11.8 Å². The van der Waals surface area contributed by atoms with Gasteiger partial charge < -0.3 is 33.8 Å². The van der Waals surface area contributed by atoms with Crippen molar-refractivity contribution in [1.82, 2.24) is 0 Å². The predicted molar refractivity (Wildman–Crippen MR) is 432 cm³/mol. The molecule has 0 aliphatic heterocycles. The lowest BCUT2D eigenvalue weighted by molar-refractivity contribution is -0.161. The van der Waals surface area contributed by atoms with Gasteiger partial charge >= 0.3 is 39.5 Å². The molecule has 0 radical (unpaired) electrons. The monoisotopic (exact) mass is 1540 g/mol. The van der Waals surface area contributed by atoms with Gasteiger partial charge in [0.15, 0.2) is 12.2 Å². The number of rotatable bonds is 85. The Labute approximate surface area is 645 Å². The summed E-state index contributed by atoms with van der Waals surface area (Å²) < 4.78 is 68.9. The Hall–Kier alpha value is -1.94. The molecule has 0 saturated carbocycles. The van der Waals surface area contributed by atoms with Crippen LogP contribution in [-0.2, 0) is 65.4 Å². The molecule has 0 aromatic rings. The largest absolute Gasteiger partial charge is 0.472 e. The number of carbonyl (C=O) groups excluding carboxylic acids is 4. The third-order valence-electron chi connectivity index (χ3n) is 20.9. The van der Waals surface area contributed by atoms with Crippen molar-refractivity contribution in [3.8, 4) is 0 Å². The minimum absolute atomic E-state index is 0.107. The van der Waals surface area contributed by atoms with E-state index in [1.165, 1.54) is 276 Å². The van der Waals surface area contributed by atoms with Gasteiger partial charge in [-0.3, -0.25) is 37.3 Å². The number of esters is 4. The van der Waals surface area contributed by atoms with Crippen molar-refractivity contribution in [3.05, 3.63) is 0 Å². The summed E-state index contributed by atoms with van der Waals surface area (Å²) in [4.78, 5) is 73.2. The number of phosphoric ester groups is 2. The molecule has 4 unspecified atom stereocenters. The first-order valence-corrected chi connectivity index (χ1v) is 47.6. The van der Waals surface area contributed by atoms with Crippen LogP contribution < -0.4 is 0 Å². The molecule has 19 heteroatoms. The lowest BCUT2D eigenvalue weighted by Gasteiger charge is -2.21. The molecule has 0 aliphatic rings. The smallest absolute Gasteiger partial charge is 0.462 e.